The van der Waals surface area contributed by atoms with Crippen LogP contribution in [0.25, 0.3) is 110 Å². The van der Waals surface area contributed by atoms with E-state index in [1.165, 1.54) is 33.0 Å². The Morgan fingerprint density at radius 3 is 1.39 bits per heavy atom. The summed E-state index contributed by atoms with van der Waals surface area (Å²) in [6, 6.07) is 45.5. The van der Waals surface area contributed by atoms with Crippen molar-refractivity contribution in [3.8, 4) is 33.5 Å². The van der Waals surface area contributed by atoms with Crippen LogP contribution in [0.1, 0.15) is 22.3 Å². The monoisotopic (exact) mass is 694 g/mol. The van der Waals surface area contributed by atoms with Crippen molar-refractivity contribution in [3.63, 3.8) is 0 Å². The number of benzene rings is 8. The van der Waals surface area contributed by atoms with Gasteiger partial charge in [0.05, 0.1) is 22.9 Å². The molecule has 0 aliphatic rings. The van der Waals surface area contributed by atoms with Crippen LogP contribution in [0.3, 0.4) is 0 Å². The molecule has 4 heteroatoms. The molecule has 3 aromatic heterocycles. The van der Waals surface area contributed by atoms with Crippen LogP contribution in [0, 0.1) is 27.7 Å². The van der Waals surface area contributed by atoms with Gasteiger partial charge in [-0.3, -0.25) is 4.98 Å². The third kappa shape index (κ3) is 4.63. The second-order valence-corrected chi connectivity index (χ2v) is 14.9. The molecule has 0 amide bonds. The quantitative estimate of drug-likeness (QED) is 0.173. The number of furan rings is 2. The Morgan fingerprint density at radius 1 is 0.389 bits per heavy atom. The largest absolute Gasteiger partial charge is 0.455 e. The summed E-state index contributed by atoms with van der Waals surface area (Å²) in [6.07, 6.45) is 1.93. The summed E-state index contributed by atoms with van der Waals surface area (Å²) >= 11 is 0. The average Bonchev–Trinajstić information content (AvgIpc) is 3.74. The highest BCUT2D eigenvalue weighted by Gasteiger charge is 2.20. The van der Waals surface area contributed by atoms with Crippen molar-refractivity contribution >= 4 is 76.5 Å². The first kappa shape index (κ1) is 30.8. The molecular formula is C50H34N2O2. The van der Waals surface area contributed by atoms with Crippen LogP contribution >= 0.6 is 0 Å². The summed E-state index contributed by atoms with van der Waals surface area (Å²) in [5.74, 6) is 0. The molecule has 0 saturated heterocycles. The molecule has 3 heterocycles. The highest BCUT2D eigenvalue weighted by molar-refractivity contribution is 6.23. The molecule has 54 heavy (non-hydrogen) atoms. The SMILES string of the molecule is Cc1ccc2oc3c(-c4cc(-c5cnc6c7ccccc7c7ccccc7c6n5)cc(-c5cc(C)cc6c5oc5ccc(C)cc56)c4)cc(C)cc3c2c1. The second kappa shape index (κ2) is 11.4. The molecule has 0 unspecified atom stereocenters. The number of aryl methyl sites for hydroxylation is 4. The van der Waals surface area contributed by atoms with Gasteiger partial charge in [0, 0.05) is 49.0 Å². The van der Waals surface area contributed by atoms with Crippen molar-refractivity contribution in [2.24, 2.45) is 0 Å². The second-order valence-electron chi connectivity index (χ2n) is 14.9. The van der Waals surface area contributed by atoms with E-state index < -0.39 is 0 Å². The lowest BCUT2D eigenvalue weighted by molar-refractivity contribution is 0.669. The summed E-state index contributed by atoms with van der Waals surface area (Å²) in [5, 5.41) is 9.03. The summed E-state index contributed by atoms with van der Waals surface area (Å²) in [6.45, 7) is 8.58. The minimum Gasteiger partial charge on any atom is -0.455 e. The fourth-order valence-electron chi connectivity index (χ4n) is 8.55. The summed E-state index contributed by atoms with van der Waals surface area (Å²) < 4.78 is 13.4. The zero-order valence-electron chi connectivity index (χ0n) is 30.4. The van der Waals surface area contributed by atoms with Crippen molar-refractivity contribution in [2.75, 3.05) is 0 Å². The van der Waals surface area contributed by atoms with E-state index in [0.29, 0.717) is 0 Å². The van der Waals surface area contributed by atoms with E-state index in [9.17, 15) is 0 Å². The van der Waals surface area contributed by atoms with Crippen LogP contribution in [0.15, 0.2) is 142 Å². The zero-order chi connectivity index (χ0) is 36.2. The van der Waals surface area contributed by atoms with Gasteiger partial charge >= 0.3 is 0 Å². The van der Waals surface area contributed by atoms with E-state index in [1.807, 2.05) is 6.20 Å². The number of nitrogens with zero attached hydrogens (tertiary/aromatic N) is 2. The van der Waals surface area contributed by atoms with E-state index >= 15 is 0 Å². The van der Waals surface area contributed by atoms with Crippen molar-refractivity contribution in [3.05, 3.63) is 156 Å². The van der Waals surface area contributed by atoms with E-state index in [-0.39, 0.29) is 0 Å². The van der Waals surface area contributed by atoms with Gasteiger partial charge in [-0.15, -0.1) is 0 Å². The summed E-state index contributed by atoms with van der Waals surface area (Å²) in [4.78, 5) is 10.6. The molecule has 0 atom stereocenters. The van der Waals surface area contributed by atoms with Gasteiger partial charge < -0.3 is 8.83 Å². The van der Waals surface area contributed by atoms with Crippen LogP contribution in [-0.4, -0.2) is 9.97 Å². The van der Waals surface area contributed by atoms with Gasteiger partial charge in [-0.1, -0.05) is 71.8 Å². The van der Waals surface area contributed by atoms with Gasteiger partial charge in [-0.25, -0.2) is 4.98 Å². The topological polar surface area (TPSA) is 52.1 Å². The van der Waals surface area contributed by atoms with Crippen LogP contribution < -0.4 is 0 Å². The minimum absolute atomic E-state index is 0.805. The van der Waals surface area contributed by atoms with E-state index in [4.69, 9.17) is 18.8 Å². The number of hydrogen-bond acceptors (Lipinski definition) is 4. The fourth-order valence-corrected chi connectivity index (χ4v) is 8.55. The van der Waals surface area contributed by atoms with Crippen molar-refractivity contribution in [1.29, 1.82) is 0 Å². The lowest BCUT2D eigenvalue weighted by Crippen LogP contribution is -1.94. The first-order valence-electron chi connectivity index (χ1n) is 18.5. The minimum atomic E-state index is 0.805. The Morgan fingerprint density at radius 2 is 0.852 bits per heavy atom. The Balaban J connectivity index is 1.23. The van der Waals surface area contributed by atoms with Crippen LogP contribution in [0.2, 0.25) is 0 Å². The third-order valence-corrected chi connectivity index (χ3v) is 11.0. The smallest absolute Gasteiger partial charge is 0.143 e. The van der Waals surface area contributed by atoms with Gasteiger partial charge in [-0.05, 0) is 127 Å². The lowest BCUT2D eigenvalue weighted by atomic mass is 9.91. The molecule has 0 N–H and O–H groups in total. The number of fused-ring (bicyclic) bond motifs is 12. The maximum absolute atomic E-state index is 6.68. The molecule has 11 aromatic rings. The van der Waals surface area contributed by atoms with E-state index in [0.717, 1.165) is 99.2 Å². The Hall–Kier alpha value is -6.78. The normalized spacial score (nSPS) is 12.1. The first-order valence-corrected chi connectivity index (χ1v) is 18.5. The summed E-state index contributed by atoms with van der Waals surface area (Å²) in [7, 11) is 0. The molecule has 11 rings (SSSR count). The van der Waals surface area contributed by atoms with Gasteiger partial charge in [0.15, 0.2) is 0 Å². The Bertz CT molecular complexity index is 3200. The Labute approximate surface area is 311 Å². The average molecular weight is 695 g/mol. The molecular weight excluding hydrogens is 661 g/mol. The maximum atomic E-state index is 6.68. The van der Waals surface area contributed by atoms with Gasteiger partial charge in [0.1, 0.15) is 22.3 Å². The van der Waals surface area contributed by atoms with Gasteiger partial charge in [0.25, 0.3) is 0 Å². The maximum Gasteiger partial charge on any atom is 0.143 e. The Kier molecular flexibility index (Phi) is 6.48. The predicted octanol–water partition coefficient (Wildman–Crippen LogP) is 14.0. The molecule has 0 radical (unpaired) electrons. The molecule has 0 aliphatic heterocycles. The first-order chi connectivity index (χ1) is 26.4. The van der Waals surface area contributed by atoms with Gasteiger partial charge in [0.2, 0.25) is 0 Å². The lowest BCUT2D eigenvalue weighted by Gasteiger charge is -2.14. The number of aromatic nitrogens is 2. The van der Waals surface area contributed by atoms with Crippen molar-refractivity contribution in [1.82, 2.24) is 9.97 Å². The zero-order valence-corrected chi connectivity index (χ0v) is 30.4. The molecule has 4 nitrogen and oxygen atoms in total. The number of rotatable bonds is 3. The molecule has 256 valence electrons. The number of hydrogen-bond donors (Lipinski definition) is 0. The molecule has 0 spiro atoms. The van der Waals surface area contributed by atoms with Crippen LogP contribution in [-0.2, 0) is 0 Å². The highest BCUT2D eigenvalue weighted by Crippen LogP contribution is 2.43. The van der Waals surface area contributed by atoms with Crippen LogP contribution in [0.5, 0.6) is 0 Å². The molecule has 8 aromatic carbocycles. The van der Waals surface area contributed by atoms with E-state index in [2.05, 4.69) is 155 Å². The predicted molar refractivity (Wildman–Crippen MR) is 224 cm³/mol. The van der Waals surface area contributed by atoms with Gasteiger partial charge in [-0.2, -0.15) is 0 Å². The standard InChI is InChI=1S/C50H34N2O2/c1-27-13-15-45-40(17-27)42-21-29(3)19-38(49(42)53-45)31-23-32(39-20-30(4)22-43-41-18-28(2)14-16-46(41)54-50(39)43)25-33(24-31)44-26-51-47-36-11-7-5-9-34(36)35-10-6-8-12-37(35)48(47)52-44/h5-26H,1-4H3. The molecule has 0 saturated carbocycles. The molecule has 0 fully saturated rings. The van der Waals surface area contributed by atoms with Crippen molar-refractivity contribution < 1.29 is 8.83 Å². The highest BCUT2D eigenvalue weighted by atomic mass is 16.3. The fraction of sp³-hybridized carbons (Fsp3) is 0.0800. The third-order valence-electron chi connectivity index (χ3n) is 11.0. The molecule has 0 bridgehead atoms. The van der Waals surface area contributed by atoms with E-state index in [1.54, 1.807) is 0 Å². The van der Waals surface area contributed by atoms with Crippen LogP contribution in [0.4, 0.5) is 0 Å². The summed E-state index contributed by atoms with van der Waals surface area (Å²) in [5.41, 5.74) is 16.0. The van der Waals surface area contributed by atoms with Crippen molar-refractivity contribution in [2.45, 2.75) is 27.7 Å². The molecule has 0 aliphatic carbocycles.